The van der Waals surface area contributed by atoms with Crippen LogP contribution in [0.3, 0.4) is 0 Å². The molecule has 0 saturated carbocycles. The summed E-state index contributed by atoms with van der Waals surface area (Å²) in [5.41, 5.74) is 2.50. The van der Waals surface area contributed by atoms with Gasteiger partial charge in [-0.25, -0.2) is 0 Å². The Morgan fingerprint density at radius 1 is 1.42 bits per heavy atom. The zero-order valence-electron chi connectivity index (χ0n) is 11.7. The Bertz CT molecular complexity index is 477. The van der Waals surface area contributed by atoms with E-state index in [-0.39, 0.29) is 6.10 Å². The molecule has 2 heterocycles. The van der Waals surface area contributed by atoms with E-state index < -0.39 is 0 Å². The van der Waals surface area contributed by atoms with Crippen molar-refractivity contribution < 1.29 is 9.47 Å². The zero-order chi connectivity index (χ0) is 13.4. The molecule has 3 nitrogen and oxygen atoms in total. The molecule has 4 heteroatoms. The first-order valence-corrected chi connectivity index (χ1v) is 7.96. The van der Waals surface area contributed by atoms with E-state index in [9.17, 15) is 0 Å². The molecular formula is C15H21NO2S. The Labute approximate surface area is 119 Å². The van der Waals surface area contributed by atoms with Crippen molar-refractivity contribution in [1.82, 2.24) is 5.32 Å². The minimum Gasteiger partial charge on any atom is -0.493 e. The van der Waals surface area contributed by atoms with Gasteiger partial charge in [-0.2, -0.15) is 0 Å². The standard InChI is InChI=1S/C15H21NO2S/c1-4-17-14-6-11-5-9(2)18-13(11)7-12(14)15-16-8-10(3)19-15/h6-7,9-10,15-16H,4-5,8H2,1-3H3. The Hall–Kier alpha value is -0.870. The topological polar surface area (TPSA) is 30.5 Å². The third kappa shape index (κ3) is 2.56. The molecule has 1 saturated heterocycles. The van der Waals surface area contributed by atoms with E-state index >= 15 is 0 Å². The Kier molecular flexibility index (Phi) is 3.63. The van der Waals surface area contributed by atoms with Crippen LogP contribution in [0.15, 0.2) is 12.1 Å². The predicted molar refractivity (Wildman–Crippen MR) is 79.2 cm³/mol. The maximum Gasteiger partial charge on any atom is 0.125 e. The van der Waals surface area contributed by atoms with Gasteiger partial charge in [-0.15, -0.1) is 11.8 Å². The van der Waals surface area contributed by atoms with Crippen molar-refractivity contribution in [3.05, 3.63) is 23.3 Å². The van der Waals surface area contributed by atoms with Gasteiger partial charge >= 0.3 is 0 Å². The zero-order valence-corrected chi connectivity index (χ0v) is 12.5. The van der Waals surface area contributed by atoms with Gasteiger partial charge in [-0.1, -0.05) is 6.92 Å². The third-order valence-electron chi connectivity index (χ3n) is 3.57. The first-order chi connectivity index (χ1) is 9.17. The minimum atomic E-state index is 0.280. The van der Waals surface area contributed by atoms with Crippen LogP contribution in [-0.4, -0.2) is 24.5 Å². The molecule has 1 aromatic rings. The lowest BCUT2D eigenvalue weighted by atomic mass is 10.1. The molecule has 0 radical (unpaired) electrons. The number of ether oxygens (including phenoxy) is 2. The second-order valence-electron chi connectivity index (χ2n) is 5.30. The number of benzene rings is 1. The molecule has 1 fully saturated rings. The van der Waals surface area contributed by atoms with Crippen molar-refractivity contribution in [1.29, 1.82) is 0 Å². The molecule has 1 aromatic carbocycles. The fourth-order valence-corrected chi connectivity index (χ4v) is 3.91. The molecule has 1 N–H and O–H groups in total. The molecule has 0 spiro atoms. The predicted octanol–water partition coefficient (Wildman–Crippen LogP) is 3.13. The van der Waals surface area contributed by atoms with Crippen molar-refractivity contribution >= 4 is 11.8 Å². The maximum absolute atomic E-state index is 5.87. The Morgan fingerprint density at radius 2 is 2.26 bits per heavy atom. The molecule has 0 aliphatic carbocycles. The number of thioether (sulfide) groups is 1. The van der Waals surface area contributed by atoms with Crippen LogP contribution >= 0.6 is 11.8 Å². The monoisotopic (exact) mass is 279 g/mol. The first-order valence-electron chi connectivity index (χ1n) is 7.02. The summed E-state index contributed by atoms with van der Waals surface area (Å²) in [5.74, 6) is 2.05. The van der Waals surface area contributed by atoms with E-state index in [1.807, 2.05) is 18.7 Å². The van der Waals surface area contributed by atoms with E-state index in [0.717, 1.165) is 24.5 Å². The van der Waals surface area contributed by atoms with E-state index in [4.69, 9.17) is 9.47 Å². The van der Waals surface area contributed by atoms with Crippen LogP contribution in [0.25, 0.3) is 0 Å². The van der Waals surface area contributed by atoms with Crippen LogP contribution in [0.4, 0.5) is 0 Å². The quantitative estimate of drug-likeness (QED) is 0.921. The average Bonchev–Trinajstić information content (AvgIpc) is 2.93. The van der Waals surface area contributed by atoms with Crippen molar-refractivity contribution in [3.8, 4) is 11.5 Å². The van der Waals surface area contributed by atoms with Crippen molar-refractivity contribution in [2.24, 2.45) is 0 Å². The molecule has 0 amide bonds. The van der Waals surface area contributed by atoms with Crippen LogP contribution in [0.1, 0.15) is 37.3 Å². The fraction of sp³-hybridized carbons (Fsp3) is 0.600. The summed E-state index contributed by atoms with van der Waals surface area (Å²) in [6, 6.07) is 4.34. The average molecular weight is 279 g/mol. The van der Waals surface area contributed by atoms with Crippen molar-refractivity contribution in [3.63, 3.8) is 0 Å². The normalized spacial score (nSPS) is 29.1. The van der Waals surface area contributed by atoms with Gasteiger partial charge in [0.05, 0.1) is 12.0 Å². The molecule has 3 rings (SSSR count). The summed E-state index contributed by atoms with van der Waals surface area (Å²) in [7, 11) is 0. The lowest BCUT2D eigenvalue weighted by molar-refractivity contribution is 0.254. The minimum absolute atomic E-state index is 0.280. The van der Waals surface area contributed by atoms with E-state index in [1.165, 1.54) is 11.1 Å². The van der Waals surface area contributed by atoms with E-state index in [2.05, 4.69) is 31.3 Å². The van der Waals surface area contributed by atoms with Crippen molar-refractivity contribution in [2.75, 3.05) is 13.2 Å². The van der Waals surface area contributed by atoms with Gasteiger partial charge in [0.15, 0.2) is 0 Å². The second-order valence-corrected chi connectivity index (χ2v) is 6.85. The van der Waals surface area contributed by atoms with Gasteiger partial charge in [0.25, 0.3) is 0 Å². The summed E-state index contributed by atoms with van der Waals surface area (Å²) < 4.78 is 11.7. The summed E-state index contributed by atoms with van der Waals surface area (Å²) in [5, 5.41) is 4.52. The number of fused-ring (bicyclic) bond motifs is 1. The van der Waals surface area contributed by atoms with Gasteiger partial charge in [0, 0.05) is 29.3 Å². The van der Waals surface area contributed by atoms with Gasteiger partial charge < -0.3 is 14.8 Å². The molecule has 2 aliphatic heterocycles. The van der Waals surface area contributed by atoms with Gasteiger partial charge in [-0.05, 0) is 26.0 Å². The Balaban J connectivity index is 1.95. The lowest BCUT2D eigenvalue weighted by Crippen LogP contribution is -2.15. The smallest absolute Gasteiger partial charge is 0.125 e. The van der Waals surface area contributed by atoms with Crippen LogP contribution in [0.5, 0.6) is 11.5 Å². The highest BCUT2D eigenvalue weighted by Crippen LogP contribution is 2.43. The molecule has 0 bridgehead atoms. The van der Waals surface area contributed by atoms with Crippen LogP contribution in [-0.2, 0) is 6.42 Å². The Morgan fingerprint density at radius 3 is 2.95 bits per heavy atom. The molecular weight excluding hydrogens is 258 g/mol. The lowest BCUT2D eigenvalue weighted by Gasteiger charge is -2.17. The molecule has 0 aromatic heterocycles. The molecule has 3 unspecified atom stereocenters. The number of hydrogen-bond acceptors (Lipinski definition) is 4. The van der Waals surface area contributed by atoms with Crippen LogP contribution < -0.4 is 14.8 Å². The largest absolute Gasteiger partial charge is 0.493 e. The highest BCUT2D eigenvalue weighted by molar-refractivity contribution is 8.00. The number of rotatable bonds is 3. The summed E-state index contributed by atoms with van der Waals surface area (Å²) in [4.78, 5) is 0. The van der Waals surface area contributed by atoms with Crippen molar-refractivity contribution in [2.45, 2.75) is 43.9 Å². The highest BCUT2D eigenvalue weighted by atomic mass is 32.2. The molecule has 19 heavy (non-hydrogen) atoms. The maximum atomic E-state index is 5.87. The molecule has 3 atom stereocenters. The van der Waals surface area contributed by atoms with Gasteiger partial charge in [0.2, 0.25) is 0 Å². The number of hydrogen-bond donors (Lipinski definition) is 1. The number of nitrogens with one attached hydrogen (secondary N) is 1. The van der Waals surface area contributed by atoms with Crippen LogP contribution in [0, 0.1) is 0 Å². The summed E-state index contributed by atoms with van der Waals surface area (Å²) in [6.45, 7) is 8.16. The van der Waals surface area contributed by atoms with Crippen LogP contribution in [0.2, 0.25) is 0 Å². The first kappa shape index (κ1) is 13.1. The van der Waals surface area contributed by atoms with E-state index in [0.29, 0.717) is 17.2 Å². The summed E-state index contributed by atoms with van der Waals surface area (Å²) in [6.07, 6.45) is 1.26. The SMILES string of the molecule is CCOc1cc2c(cc1C1NCC(C)S1)OC(C)C2. The third-order valence-corrected chi connectivity index (χ3v) is 4.89. The van der Waals surface area contributed by atoms with Gasteiger partial charge in [-0.3, -0.25) is 0 Å². The molecule has 2 aliphatic rings. The van der Waals surface area contributed by atoms with Gasteiger partial charge in [0.1, 0.15) is 17.6 Å². The highest BCUT2D eigenvalue weighted by Gasteiger charge is 2.29. The summed E-state index contributed by atoms with van der Waals surface area (Å²) >= 11 is 1.96. The molecule has 104 valence electrons. The second kappa shape index (κ2) is 5.25. The fourth-order valence-electron chi connectivity index (χ4n) is 2.73. The van der Waals surface area contributed by atoms with E-state index in [1.54, 1.807) is 0 Å².